The molecule has 1 saturated heterocycles. The molecule has 1 atom stereocenters. The molecule has 6 heteroatoms. The van der Waals surface area contributed by atoms with Crippen LogP contribution in [0.2, 0.25) is 0 Å². The van der Waals surface area contributed by atoms with Crippen molar-refractivity contribution in [2.45, 2.75) is 59.2 Å². The summed E-state index contributed by atoms with van der Waals surface area (Å²) >= 11 is 0. The number of carbonyl (C=O) groups is 1. The fraction of sp³-hybridized carbons (Fsp3) is 0.611. The zero-order valence-electron chi connectivity index (χ0n) is 14.9. The standard InChI is InChI=1S/C18H27N5O/c1-4-23-17(12-15(20-23)11-14(2)3)18(24)22-10-5-7-16(22)13-21-9-6-8-19-21/h6,8-9,12,14,16H,4-5,7,10-11,13H2,1-3H3/t16-/m1/s1. The maximum atomic E-state index is 13.1. The molecular formula is C18H27N5O. The number of aryl methyl sites for hydroxylation is 1. The van der Waals surface area contributed by atoms with Gasteiger partial charge in [0, 0.05) is 25.5 Å². The number of amides is 1. The Hall–Kier alpha value is -2.11. The van der Waals surface area contributed by atoms with Crippen molar-refractivity contribution in [3.63, 3.8) is 0 Å². The fourth-order valence-corrected chi connectivity index (χ4v) is 3.47. The first-order valence-electron chi connectivity index (χ1n) is 8.93. The van der Waals surface area contributed by atoms with Crippen LogP contribution in [0.5, 0.6) is 0 Å². The molecule has 0 radical (unpaired) electrons. The van der Waals surface area contributed by atoms with Crippen LogP contribution < -0.4 is 0 Å². The number of carbonyl (C=O) groups excluding carboxylic acids is 1. The number of aromatic nitrogens is 4. The summed E-state index contributed by atoms with van der Waals surface area (Å²) in [5, 5.41) is 8.89. The van der Waals surface area contributed by atoms with E-state index in [2.05, 4.69) is 24.0 Å². The molecule has 130 valence electrons. The van der Waals surface area contributed by atoms with Gasteiger partial charge in [-0.15, -0.1) is 0 Å². The Labute approximate surface area is 143 Å². The van der Waals surface area contributed by atoms with Crippen LogP contribution in [-0.2, 0) is 19.5 Å². The minimum absolute atomic E-state index is 0.106. The predicted molar refractivity (Wildman–Crippen MR) is 92.7 cm³/mol. The van der Waals surface area contributed by atoms with Gasteiger partial charge in [0.15, 0.2) is 0 Å². The molecule has 1 aliphatic heterocycles. The van der Waals surface area contributed by atoms with Crippen molar-refractivity contribution < 1.29 is 4.79 Å². The molecule has 2 aromatic rings. The van der Waals surface area contributed by atoms with E-state index in [-0.39, 0.29) is 11.9 Å². The quantitative estimate of drug-likeness (QED) is 0.818. The lowest BCUT2D eigenvalue weighted by molar-refractivity contribution is 0.0709. The molecule has 1 aliphatic rings. The lowest BCUT2D eigenvalue weighted by Gasteiger charge is -2.24. The maximum Gasteiger partial charge on any atom is 0.272 e. The molecule has 0 aromatic carbocycles. The normalized spacial score (nSPS) is 17.8. The second kappa shape index (κ2) is 7.20. The number of likely N-dealkylation sites (tertiary alicyclic amines) is 1. The zero-order valence-corrected chi connectivity index (χ0v) is 14.9. The van der Waals surface area contributed by atoms with Crippen molar-refractivity contribution in [1.29, 1.82) is 0 Å². The number of rotatable bonds is 6. The topological polar surface area (TPSA) is 56.0 Å². The van der Waals surface area contributed by atoms with E-state index in [0.717, 1.165) is 50.3 Å². The van der Waals surface area contributed by atoms with Crippen molar-refractivity contribution in [3.8, 4) is 0 Å². The van der Waals surface area contributed by atoms with E-state index < -0.39 is 0 Å². The molecular weight excluding hydrogens is 302 g/mol. The first kappa shape index (κ1) is 16.7. The lowest BCUT2D eigenvalue weighted by atomic mass is 10.1. The summed E-state index contributed by atoms with van der Waals surface area (Å²) in [4.78, 5) is 15.1. The first-order valence-corrected chi connectivity index (χ1v) is 8.93. The molecule has 0 unspecified atom stereocenters. The summed E-state index contributed by atoms with van der Waals surface area (Å²) in [6, 6.07) is 4.12. The molecule has 2 aromatic heterocycles. The van der Waals surface area contributed by atoms with Gasteiger partial charge in [0.05, 0.1) is 18.3 Å². The Morgan fingerprint density at radius 2 is 2.25 bits per heavy atom. The second-order valence-corrected chi connectivity index (χ2v) is 6.96. The molecule has 6 nitrogen and oxygen atoms in total. The highest BCUT2D eigenvalue weighted by molar-refractivity contribution is 5.93. The van der Waals surface area contributed by atoms with Gasteiger partial charge >= 0.3 is 0 Å². The average Bonchev–Trinajstić information content (AvgIpc) is 3.27. The van der Waals surface area contributed by atoms with E-state index in [9.17, 15) is 4.79 Å². The van der Waals surface area contributed by atoms with Gasteiger partial charge in [-0.25, -0.2) is 0 Å². The molecule has 0 saturated carbocycles. The summed E-state index contributed by atoms with van der Waals surface area (Å²) in [6.07, 6.45) is 6.73. The number of hydrogen-bond donors (Lipinski definition) is 0. The van der Waals surface area contributed by atoms with Crippen LogP contribution in [-0.4, -0.2) is 43.0 Å². The Morgan fingerprint density at radius 3 is 2.92 bits per heavy atom. The van der Waals surface area contributed by atoms with Crippen molar-refractivity contribution in [2.75, 3.05) is 6.54 Å². The van der Waals surface area contributed by atoms with Gasteiger partial charge in [-0.05, 0) is 44.2 Å². The Kier molecular flexibility index (Phi) is 5.02. The summed E-state index contributed by atoms with van der Waals surface area (Å²) < 4.78 is 3.76. The van der Waals surface area contributed by atoms with Crippen LogP contribution in [0.3, 0.4) is 0 Å². The third-order valence-electron chi connectivity index (χ3n) is 4.56. The summed E-state index contributed by atoms with van der Waals surface area (Å²) in [5.41, 5.74) is 1.73. The van der Waals surface area contributed by atoms with E-state index >= 15 is 0 Å². The second-order valence-electron chi connectivity index (χ2n) is 6.96. The third-order valence-corrected chi connectivity index (χ3v) is 4.56. The van der Waals surface area contributed by atoms with Crippen molar-refractivity contribution in [2.24, 2.45) is 5.92 Å². The average molecular weight is 329 g/mol. The number of hydrogen-bond acceptors (Lipinski definition) is 3. The molecule has 0 spiro atoms. The van der Waals surface area contributed by atoms with Gasteiger partial charge in [-0.1, -0.05) is 13.8 Å². The monoisotopic (exact) mass is 329 g/mol. The van der Waals surface area contributed by atoms with E-state index in [0.29, 0.717) is 5.92 Å². The Balaban J connectivity index is 1.78. The van der Waals surface area contributed by atoms with E-state index in [4.69, 9.17) is 0 Å². The highest BCUT2D eigenvalue weighted by atomic mass is 16.2. The minimum atomic E-state index is 0.106. The summed E-state index contributed by atoms with van der Waals surface area (Å²) in [6.45, 7) is 8.68. The van der Waals surface area contributed by atoms with Gasteiger partial charge < -0.3 is 4.90 Å². The molecule has 24 heavy (non-hydrogen) atoms. The number of nitrogens with zero attached hydrogens (tertiary/aromatic N) is 5. The Bertz CT molecular complexity index is 674. The highest BCUT2D eigenvalue weighted by Crippen LogP contribution is 2.22. The van der Waals surface area contributed by atoms with Gasteiger partial charge in [0.2, 0.25) is 0 Å². The summed E-state index contributed by atoms with van der Waals surface area (Å²) in [7, 11) is 0. The van der Waals surface area contributed by atoms with Gasteiger partial charge in [-0.3, -0.25) is 14.2 Å². The van der Waals surface area contributed by atoms with Crippen LogP contribution in [0.4, 0.5) is 0 Å². The molecule has 0 bridgehead atoms. The maximum absolute atomic E-state index is 13.1. The SMILES string of the molecule is CCn1nc(CC(C)C)cc1C(=O)N1CCC[C@@H]1Cn1cccn1. The predicted octanol–water partition coefficient (Wildman–Crippen LogP) is 2.60. The molecule has 1 fully saturated rings. The van der Waals surface area contributed by atoms with Crippen LogP contribution in [0, 0.1) is 5.92 Å². The molecule has 0 aliphatic carbocycles. The summed E-state index contributed by atoms with van der Waals surface area (Å²) in [5.74, 6) is 0.640. The molecule has 3 heterocycles. The van der Waals surface area contributed by atoms with Gasteiger partial charge in [0.1, 0.15) is 5.69 Å². The van der Waals surface area contributed by atoms with Crippen LogP contribution in [0.1, 0.15) is 49.8 Å². The Morgan fingerprint density at radius 1 is 1.42 bits per heavy atom. The van der Waals surface area contributed by atoms with Crippen LogP contribution >= 0.6 is 0 Å². The molecule has 1 amide bonds. The van der Waals surface area contributed by atoms with Crippen LogP contribution in [0.25, 0.3) is 0 Å². The zero-order chi connectivity index (χ0) is 17.1. The van der Waals surface area contributed by atoms with E-state index in [1.54, 1.807) is 6.20 Å². The van der Waals surface area contributed by atoms with E-state index in [1.807, 2.05) is 39.5 Å². The highest BCUT2D eigenvalue weighted by Gasteiger charge is 2.31. The van der Waals surface area contributed by atoms with Crippen molar-refractivity contribution >= 4 is 5.91 Å². The third kappa shape index (κ3) is 3.52. The smallest absolute Gasteiger partial charge is 0.272 e. The molecule has 3 rings (SSSR count). The lowest BCUT2D eigenvalue weighted by Crippen LogP contribution is -2.39. The fourth-order valence-electron chi connectivity index (χ4n) is 3.47. The van der Waals surface area contributed by atoms with Crippen molar-refractivity contribution in [3.05, 3.63) is 35.9 Å². The minimum Gasteiger partial charge on any atom is -0.332 e. The van der Waals surface area contributed by atoms with Crippen LogP contribution in [0.15, 0.2) is 24.5 Å². The van der Waals surface area contributed by atoms with E-state index in [1.165, 1.54) is 0 Å². The largest absolute Gasteiger partial charge is 0.332 e. The molecule has 0 N–H and O–H groups in total. The van der Waals surface area contributed by atoms with Gasteiger partial charge in [-0.2, -0.15) is 10.2 Å². The first-order chi connectivity index (χ1) is 11.6. The van der Waals surface area contributed by atoms with Gasteiger partial charge in [0.25, 0.3) is 5.91 Å². The van der Waals surface area contributed by atoms with Crippen molar-refractivity contribution in [1.82, 2.24) is 24.5 Å².